The smallest absolute Gasteiger partial charge is 0.345 e. The first-order valence-corrected chi connectivity index (χ1v) is 7.47. The molecule has 0 bridgehead atoms. The first kappa shape index (κ1) is 13.5. The minimum absolute atomic E-state index is 0.0303. The molecule has 2 aromatic heterocycles. The fourth-order valence-electron chi connectivity index (χ4n) is 1.30. The van der Waals surface area contributed by atoms with Crippen LogP contribution in [0.25, 0.3) is 0 Å². The van der Waals surface area contributed by atoms with Crippen molar-refractivity contribution in [2.75, 3.05) is 4.72 Å². The molecule has 19 heavy (non-hydrogen) atoms. The second kappa shape index (κ2) is 4.98. The number of anilines is 1. The molecule has 0 aliphatic rings. The first-order chi connectivity index (χ1) is 8.88. The molecule has 100 valence electrons. The summed E-state index contributed by atoms with van der Waals surface area (Å²) in [7, 11) is -3.80. The third kappa shape index (κ3) is 3.09. The number of aromatic carboxylic acids is 1. The number of carboxylic acids is 1. The number of aryl methyl sites for hydroxylation is 1. The average molecular weight is 298 g/mol. The van der Waals surface area contributed by atoms with E-state index in [1.54, 1.807) is 12.1 Å². The molecule has 0 aliphatic carbocycles. The second-order valence-corrected chi connectivity index (χ2v) is 6.74. The number of sulfonamides is 1. The maximum atomic E-state index is 12.0. The van der Waals surface area contributed by atoms with Crippen molar-refractivity contribution in [1.82, 2.24) is 4.98 Å². The predicted octanol–water partition coefficient (Wildman–Crippen LogP) is 1.95. The van der Waals surface area contributed by atoms with E-state index in [2.05, 4.69) is 9.71 Å². The average Bonchev–Trinajstić information content (AvgIpc) is 2.82. The summed E-state index contributed by atoms with van der Waals surface area (Å²) >= 11 is 0.693. The summed E-state index contributed by atoms with van der Waals surface area (Å²) in [6, 6.07) is 5.77. The number of thiophene rings is 1. The number of carbonyl (C=O) groups is 1. The summed E-state index contributed by atoms with van der Waals surface area (Å²) in [5, 5.41) is 8.77. The highest BCUT2D eigenvalue weighted by Crippen LogP contribution is 2.23. The number of carboxylic acid groups (broad SMARTS) is 1. The predicted molar refractivity (Wildman–Crippen MR) is 71.1 cm³/mol. The minimum Gasteiger partial charge on any atom is -0.477 e. The number of hydrogen-bond donors (Lipinski definition) is 2. The number of nitrogens with one attached hydrogen (secondary N) is 1. The van der Waals surface area contributed by atoms with Gasteiger partial charge in [0.05, 0.1) is 0 Å². The van der Waals surface area contributed by atoms with Crippen molar-refractivity contribution < 1.29 is 18.3 Å². The molecule has 8 heteroatoms. The van der Waals surface area contributed by atoms with Crippen LogP contribution in [0.4, 0.5) is 5.82 Å². The Labute approximate surface area is 113 Å². The van der Waals surface area contributed by atoms with E-state index in [1.165, 1.54) is 18.3 Å². The Balaban J connectivity index is 2.26. The van der Waals surface area contributed by atoms with Gasteiger partial charge in [0.25, 0.3) is 10.0 Å². The van der Waals surface area contributed by atoms with Gasteiger partial charge in [-0.15, -0.1) is 11.3 Å². The minimum atomic E-state index is -3.80. The van der Waals surface area contributed by atoms with Crippen molar-refractivity contribution in [3.63, 3.8) is 0 Å². The highest BCUT2D eigenvalue weighted by Gasteiger charge is 2.19. The molecule has 0 atom stereocenters. The van der Waals surface area contributed by atoms with Gasteiger partial charge in [-0.25, -0.2) is 18.2 Å². The van der Waals surface area contributed by atoms with E-state index < -0.39 is 16.0 Å². The number of rotatable bonds is 4. The normalized spacial score (nSPS) is 11.2. The summed E-state index contributed by atoms with van der Waals surface area (Å²) in [5.41, 5.74) is 0.909. The van der Waals surface area contributed by atoms with Crippen molar-refractivity contribution in [1.29, 1.82) is 0 Å². The molecular weight excluding hydrogens is 288 g/mol. The largest absolute Gasteiger partial charge is 0.477 e. The van der Waals surface area contributed by atoms with Crippen LogP contribution in [0, 0.1) is 6.92 Å². The van der Waals surface area contributed by atoms with Crippen LogP contribution >= 0.6 is 11.3 Å². The number of hydrogen-bond acceptors (Lipinski definition) is 5. The zero-order valence-electron chi connectivity index (χ0n) is 9.82. The molecule has 0 saturated carbocycles. The summed E-state index contributed by atoms with van der Waals surface area (Å²) in [4.78, 5) is 14.6. The summed E-state index contributed by atoms with van der Waals surface area (Å²) in [5.74, 6) is -0.962. The van der Waals surface area contributed by atoms with Gasteiger partial charge in [0, 0.05) is 6.20 Å². The van der Waals surface area contributed by atoms with E-state index in [-0.39, 0.29) is 14.9 Å². The Bertz CT molecular complexity index is 705. The molecule has 0 fully saturated rings. The Morgan fingerprint density at radius 2 is 2.05 bits per heavy atom. The molecular formula is C11H10N2O4S2. The van der Waals surface area contributed by atoms with E-state index in [0.29, 0.717) is 11.3 Å². The maximum Gasteiger partial charge on any atom is 0.345 e. The lowest BCUT2D eigenvalue weighted by molar-refractivity contribution is 0.0702. The third-order valence-electron chi connectivity index (χ3n) is 2.21. The van der Waals surface area contributed by atoms with E-state index >= 15 is 0 Å². The number of aromatic nitrogens is 1. The van der Waals surface area contributed by atoms with Crippen molar-refractivity contribution in [3.8, 4) is 0 Å². The van der Waals surface area contributed by atoms with Crippen LogP contribution < -0.4 is 4.72 Å². The highest BCUT2D eigenvalue weighted by molar-refractivity contribution is 7.94. The molecule has 0 unspecified atom stereocenters. The van der Waals surface area contributed by atoms with E-state index in [9.17, 15) is 13.2 Å². The summed E-state index contributed by atoms with van der Waals surface area (Å²) in [6.45, 7) is 1.84. The molecule has 0 aromatic carbocycles. The molecule has 0 radical (unpaired) electrons. The van der Waals surface area contributed by atoms with Crippen LogP contribution in [-0.2, 0) is 10.0 Å². The first-order valence-electron chi connectivity index (χ1n) is 5.17. The molecule has 0 spiro atoms. The Kier molecular flexibility index (Phi) is 3.54. The highest BCUT2D eigenvalue weighted by atomic mass is 32.2. The van der Waals surface area contributed by atoms with Gasteiger partial charge in [0.2, 0.25) is 0 Å². The molecule has 6 nitrogen and oxygen atoms in total. The quantitative estimate of drug-likeness (QED) is 0.899. The van der Waals surface area contributed by atoms with Crippen molar-refractivity contribution in [2.24, 2.45) is 0 Å². The maximum absolute atomic E-state index is 12.0. The molecule has 2 heterocycles. The van der Waals surface area contributed by atoms with Gasteiger partial charge in [-0.2, -0.15) is 0 Å². The van der Waals surface area contributed by atoms with Gasteiger partial charge < -0.3 is 5.11 Å². The second-order valence-electron chi connectivity index (χ2n) is 3.75. The van der Waals surface area contributed by atoms with E-state index in [0.717, 1.165) is 5.56 Å². The van der Waals surface area contributed by atoms with Gasteiger partial charge in [-0.3, -0.25) is 4.72 Å². The van der Waals surface area contributed by atoms with Crippen molar-refractivity contribution in [2.45, 2.75) is 11.1 Å². The molecule has 2 N–H and O–H groups in total. The van der Waals surface area contributed by atoms with Crippen LogP contribution in [-0.4, -0.2) is 24.5 Å². The number of nitrogens with zero attached hydrogens (tertiary/aromatic N) is 1. The van der Waals surface area contributed by atoms with Crippen molar-refractivity contribution in [3.05, 3.63) is 40.9 Å². The Morgan fingerprint density at radius 3 is 2.58 bits per heavy atom. The van der Waals surface area contributed by atoms with Gasteiger partial charge >= 0.3 is 5.97 Å². The molecule has 0 saturated heterocycles. The van der Waals surface area contributed by atoms with Gasteiger partial charge in [-0.05, 0) is 30.7 Å². The fraction of sp³-hybridized carbons (Fsp3) is 0.0909. The molecule has 2 aromatic rings. The monoisotopic (exact) mass is 298 g/mol. The van der Waals surface area contributed by atoms with Gasteiger partial charge in [0.1, 0.15) is 14.9 Å². The van der Waals surface area contributed by atoms with E-state index in [4.69, 9.17) is 5.11 Å². The topological polar surface area (TPSA) is 96.4 Å². The van der Waals surface area contributed by atoms with Crippen LogP contribution in [0.2, 0.25) is 0 Å². The molecule has 0 aliphatic heterocycles. The number of pyridine rings is 1. The third-order valence-corrected chi connectivity index (χ3v) is 5.13. The standard InChI is InChI=1S/C11H10N2O4S2/c1-7-2-4-9(12-6-7)13-19(16,17)10-5-3-8(18-10)11(14)15/h2-6H,1H3,(H,12,13)(H,14,15). The Morgan fingerprint density at radius 1 is 1.32 bits per heavy atom. The van der Waals surface area contributed by atoms with Crippen LogP contribution in [0.5, 0.6) is 0 Å². The zero-order chi connectivity index (χ0) is 14.0. The summed E-state index contributed by atoms with van der Waals surface area (Å²) < 4.78 is 26.2. The van der Waals surface area contributed by atoms with Gasteiger partial charge in [-0.1, -0.05) is 6.07 Å². The van der Waals surface area contributed by atoms with Crippen LogP contribution in [0.15, 0.2) is 34.7 Å². The lowest BCUT2D eigenvalue weighted by Gasteiger charge is -2.04. The lowest BCUT2D eigenvalue weighted by atomic mass is 10.3. The SMILES string of the molecule is Cc1ccc(NS(=O)(=O)c2ccc(C(=O)O)s2)nc1. The molecule has 2 rings (SSSR count). The summed E-state index contributed by atoms with van der Waals surface area (Å²) in [6.07, 6.45) is 1.54. The zero-order valence-corrected chi connectivity index (χ0v) is 11.5. The Hall–Kier alpha value is -1.93. The molecule has 0 amide bonds. The van der Waals surface area contributed by atoms with Crippen molar-refractivity contribution >= 4 is 33.1 Å². The van der Waals surface area contributed by atoms with E-state index in [1.807, 2.05) is 6.92 Å². The fourth-order valence-corrected chi connectivity index (χ4v) is 3.45. The van der Waals surface area contributed by atoms with Crippen LogP contribution in [0.3, 0.4) is 0 Å². The van der Waals surface area contributed by atoms with Gasteiger partial charge in [0.15, 0.2) is 0 Å². The lowest BCUT2D eigenvalue weighted by Crippen LogP contribution is -2.12. The van der Waals surface area contributed by atoms with Crippen LogP contribution in [0.1, 0.15) is 15.2 Å².